The summed E-state index contributed by atoms with van der Waals surface area (Å²) in [6, 6.07) is 9.18. The third kappa shape index (κ3) is 2.66. The van der Waals surface area contributed by atoms with Crippen LogP contribution in [-0.2, 0) is 4.84 Å². The maximum atomic E-state index is 13.7. The number of hydrogen-bond donors (Lipinski definition) is 2. The quantitative estimate of drug-likeness (QED) is 0.914. The van der Waals surface area contributed by atoms with Crippen molar-refractivity contribution < 1.29 is 23.5 Å². The second-order valence-corrected chi connectivity index (χ2v) is 4.60. The third-order valence-corrected chi connectivity index (χ3v) is 3.13. The SMILES string of the molecule is O=C(O)c1cccc(C2=NC(c3ccc(F)cc3F)ON2)c1. The Hall–Kier alpha value is -2.80. The number of halogens is 2. The van der Waals surface area contributed by atoms with E-state index in [1.165, 1.54) is 18.2 Å². The van der Waals surface area contributed by atoms with Gasteiger partial charge in [-0.25, -0.2) is 28.9 Å². The maximum Gasteiger partial charge on any atom is 0.335 e. The van der Waals surface area contributed by atoms with Crippen molar-refractivity contribution in [3.05, 3.63) is 70.8 Å². The normalized spacial score (nSPS) is 17.0. The Morgan fingerprint density at radius 1 is 1.23 bits per heavy atom. The molecule has 0 radical (unpaired) electrons. The molecule has 0 fully saturated rings. The van der Waals surface area contributed by atoms with Gasteiger partial charge in [0.2, 0.25) is 6.23 Å². The number of carboxylic acids is 1. The summed E-state index contributed by atoms with van der Waals surface area (Å²) in [5, 5.41) is 8.97. The Kier molecular flexibility index (Phi) is 3.56. The number of amidine groups is 1. The minimum atomic E-state index is -1.07. The van der Waals surface area contributed by atoms with Gasteiger partial charge in [0.15, 0.2) is 5.84 Å². The number of carbonyl (C=O) groups is 1. The zero-order valence-corrected chi connectivity index (χ0v) is 11.1. The molecule has 0 aliphatic carbocycles. The largest absolute Gasteiger partial charge is 0.478 e. The molecule has 0 amide bonds. The summed E-state index contributed by atoms with van der Waals surface area (Å²) < 4.78 is 26.6. The van der Waals surface area contributed by atoms with Crippen LogP contribution in [0.5, 0.6) is 0 Å². The number of nitrogens with one attached hydrogen (secondary N) is 1. The lowest BCUT2D eigenvalue weighted by Crippen LogP contribution is -2.18. The average molecular weight is 304 g/mol. The van der Waals surface area contributed by atoms with Crippen LogP contribution in [0.3, 0.4) is 0 Å². The Morgan fingerprint density at radius 3 is 2.77 bits per heavy atom. The molecule has 2 aromatic carbocycles. The van der Waals surface area contributed by atoms with Crippen LogP contribution in [0.4, 0.5) is 8.78 Å². The number of hydroxylamine groups is 1. The van der Waals surface area contributed by atoms with Gasteiger partial charge in [-0.3, -0.25) is 0 Å². The number of aliphatic imine (C=N–C) groups is 1. The summed E-state index contributed by atoms with van der Waals surface area (Å²) in [5.41, 5.74) is 3.19. The Labute approximate surface area is 123 Å². The second kappa shape index (κ2) is 5.53. The van der Waals surface area contributed by atoms with E-state index >= 15 is 0 Å². The summed E-state index contributed by atoms with van der Waals surface area (Å²) in [6.07, 6.45) is -0.968. The van der Waals surface area contributed by atoms with Crippen molar-refractivity contribution in [1.82, 2.24) is 5.48 Å². The molecule has 2 N–H and O–H groups in total. The lowest BCUT2D eigenvalue weighted by Gasteiger charge is -2.06. The van der Waals surface area contributed by atoms with Crippen molar-refractivity contribution in [2.45, 2.75) is 6.23 Å². The van der Waals surface area contributed by atoms with E-state index in [1.54, 1.807) is 12.1 Å². The van der Waals surface area contributed by atoms with Crippen LogP contribution in [-0.4, -0.2) is 16.9 Å². The van der Waals surface area contributed by atoms with Crippen LogP contribution in [0.1, 0.15) is 27.7 Å². The molecule has 0 aromatic heterocycles. The highest BCUT2D eigenvalue weighted by Gasteiger charge is 2.24. The van der Waals surface area contributed by atoms with E-state index in [2.05, 4.69) is 10.5 Å². The Morgan fingerprint density at radius 2 is 2.05 bits per heavy atom. The molecule has 1 unspecified atom stereocenters. The van der Waals surface area contributed by atoms with E-state index in [-0.39, 0.29) is 17.0 Å². The molecule has 5 nitrogen and oxygen atoms in total. The molecule has 1 aliphatic heterocycles. The zero-order valence-electron chi connectivity index (χ0n) is 11.1. The van der Waals surface area contributed by atoms with Crippen LogP contribution >= 0.6 is 0 Å². The molecule has 1 atom stereocenters. The standard InChI is InChI=1S/C15H10F2N2O3/c16-10-4-5-11(12(17)7-10)14-18-13(19-22-14)8-2-1-3-9(6-8)15(20)21/h1-7,14H,(H,18,19)(H,20,21). The van der Waals surface area contributed by atoms with Crippen molar-refractivity contribution in [3.63, 3.8) is 0 Å². The number of rotatable bonds is 3. The predicted octanol–water partition coefficient (Wildman–Crippen LogP) is 2.64. The summed E-state index contributed by atoms with van der Waals surface area (Å²) in [6.45, 7) is 0. The predicted molar refractivity (Wildman–Crippen MR) is 73.3 cm³/mol. The van der Waals surface area contributed by atoms with Crippen molar-refractivity contribution in [2.24, 2.45) is 4.99 Å². The lowest BCUT2D eigenvalue weighted by atomic mass is 10.1. The monoisotopic (exact) mass is 304 g/mol. The lowest BCUT2D eigenvalue weighted by molar-refractivity contribution is 0.0355. The number of benzene rings is 2. The molecule has 0 saturated heterocycles. The molecule has 0 bridgehead atoms. The minimum absolute atomic E-state index is 0.0817. The fourth-order valence-corrected chi connectivity index (χ4v) is 2.05. The van der Waals surface area contributed by atoms with Gasteiger partial charge in [-0.1, -0.05) is 12.1 Å². The van der Waals surface area contributed by atoms with Gasteiger partial charge in [-0.05, 0) is 24.3 Å². The topological polar surface area (TPSA) is 70.9 Å². The van der Waals surface area contributed by atoms with Gasteiger partial charge < -0.3 is 5.11 Å². The van der Waals surface area contributed by atoms with Crippen molar-refractivity contribution in [1.29, 1.82) is 0 Å². The summed E-state index contributed by atoms with van der Waals surface area (Å²) >= 11 is 0. The summed E-state index contributed by atoms with van der Waals surface area (Å²) in [7, 11) is 0. The van der Waals surface area contributed by atoms with Gasteiger partial charge in [-0.15, -0.1) is 0 Å². The molecule has 22 heavy (non-hydrogen) atoms. The molecule has 2 aromatic rings. The van der Waals surface area contributed by atoms with E-state index in [9.17, 15) is 13.6 Å². The molecule has 112 valence electrons. The highest BCUT2D eigenvalue weighted by atomic mass is 19.1. The van der Waals surface area contributed by atoms with Crippen molar-refractivity contribution in [2.75, 3.05) is 0 Å². The number of aromatic carboxylic acids is 1. The Balaban J connectivity index is 1.91. The first-order valence-electron chi connectivity index (χ1n) is 6.33. The summed E-state index contributed by atoms with van der Waals surface area (Å²) in [4.78, 5) is 20.3. The number of hydrogen-bond acceptors (Lipinski definition) is 4. The van der Waals surface area contributed by atoms with Crippen LogP contribution in [0.2, 0.25) is 0 Å². The first kappa shape index (κ1) is 14.2. The van der Waals surface area contributed by atoms with E-state index < -0.39 is 23.8 Å². The van der Waals surface area contributed by atoms with Gasteiger partial charge >= 0.3 is 5.97 Å². The molecular formula is C15H10F2N2O3. The van der Waals surface area contributed by atoms with Gasteiger partial charge in [-0.2, -0.15) is 0 Å². The van der Waals surface area contributed by atoms with Crippen LogP contribution in [0.15, 0.2) is 47.5 Å². The van der Waals surface area contributed by atoms with Gasteiger partial charge in [0.1, 0.15) is 11.6 Å². The van der Waals surface area contributed by atoms with E-state index in [4.69, 9.17) is 9.94 Å². The molecule has 1 heterocycles. The van der Waals surface area contributed by atoms with E-state index in [1.807, 2.05) is 0 Å². The molecule has 7 heteroatoms. The fraction of sp³-hybridized carbons (Fsp3) is 0.0667. The Bertz CT molecular complexity index is 777. The van der Waals surface area contributed by atoms with Crippen molar-refractivity contribution >= 4 is 11.8 Å². The molecule has 0 spiro atoms. The van der Waals surface area contributed by atoms with Gasteiger partial charge in [0.25, 0.3) is 0 Å². The van der Waals surface area contributed by atoms with Gasteiger partial charge in [0, 0.05) is 17.2 Å². The smallest absolute Gasteiger partial charge is 0.335 e. The average Bonchev–Trinajstić information content (AvgIpc) is 2.97. The third-order valence-electron chi connectivity index (χ3n) is 3.13. The number of carboxylic acid groups (broad SMARTS) is 1. The first-order valence-corrected chi connectivity index (χ1v) is 6.33. The van der Waals surface area contributed by atoms with E-state index in [0.29, 0.717) is 5.56 Å². The van der Waals surface area contributed by atoms with Crippen LogP contribution < -0.4 is 5.48 Å². The van der Waals surface area contributed by atoms with Crippen LogP contribution in [0, 0.1) is 11.6 Å². The molecule has 3 rings (SSSR count). The summed E-state index contributed by atoms with van der Waals surface area (Å²) in [5.74, 6) is -2.25. The maximum absolute atomic E-state index is 13.7. The first-order chi connectivity index (χ1) is 10.5. The molecule has 0 saturated carbocycles. The highest BCUT2D eigenvalue weighted by molar-refractivity contribution is 6.01. The van der Waals surface area contributed by atoms with E-state index in [0.717, 1.165) is 12.1 Å². The van der Waals surface area contributed by atoms with Crippen molar-refractivity contribution in [3.8, 4) is 0 Å². The van der Waals surface area contributed by atoms with Crippen LogP contribution in [0.25, 0.3) is 0 Å². The molecular weight excluding hydrogens is 294 g/mol. The van der Waals surface area contributed by atoms with Gasteiger partial charge in [0.05, 0.1) is 5.56 Å². The molecule has 1 aliphatic rings. The highest BCUT2D eigenvalue weighted by Crippen LogP contribution is 2.26. The fourth-order valence-electron chi connectivity index (χ4n) is 2.05. The number of nitrogens with zero attached hydrogens (tertiary/aromatic N) is 1. The minimum Gasteiger partial charge on any atom is -0.478 e. The zero-order chi connectivity index (χ0) is 15.7. The second-order valence-electron chi connectivity index (χ2n) is 4.60.